The molecule has 9 heteroatoms. The molecule has 0 fully saturated rings. The number of likely N-dealkylation sites (N-methyl/N-ethyl adjacent to an activating group) is 1. The first kappa shape index (κ1) is 31.3. The number of nitrogens with one attached hydrogen (secondary N) is 1. The molecule has 0 saturated heterocycles. The van der Waals surface area contributed by atoms with Crippen LogP contribution in [0.5, 0.6) is 5.75 Å². The van der Waals surface area contributed by atoms with Crippen LogP contribution in [0.3, 0.4) is 0 Å². The SMILES string of the molecule is CNC(=O)C(Cc1ccccc1)N(Cc1ccccc1)C(=O)CN(c1cc(C)ccc1OC)S(=O)(=O)c1ccc(C)cc1. The minimum Gasteiger partial charge on any atom is -0.495 e. The van der Waals surface area contributed by atoms with E-state index in [0.717, 1.165) is 26.6 Å². The molecule has 43 heavy (non-hydrogen) atoms. The van der Waals surface area contributed by atoms with Crippen molar-refractivity contribution in [3.8, 4) is 5.75 Å². The average molecular weight is 600 g/mol. The van der Waals surface area contributed by atoms with Crippen molar-refractivity contribution in [2.75, 3.05) is 25.0 Å². The van der Waals surface area contributed by atoms with Crippen molar-refractivity contribution in [3.63, 3.8) is 0 Å². The number of hydrogen-bond donors (Lipinski definition) is 1. The summed E-state index contributed by atoms with van der Waals surface area (Å²) in [5.74, 6) is -0.585. The molecule has 0 aliphatic rings. The molecule has 0 aliphatic carbocycles. The summed E-state index contributed by atoms with van der Waals surface area (Å²) in [6, 6.07) is 29.5. The zero-order chi connectivity index (χ0) is 31.0. The molecule has 4 aromatic carbocycles. The first-order valence-electron chi connectivity index (χ1n) is 14.0. The van der Waals surface area contributed by atoms with Crippen LogP contribution in [0.4, 0.5) is 5.69 Å². The van der Waals surface area contributed by atoms with E-state index in [1.807, 2.05) is 80.6 Å². The van der Waals surface area contributed by atoms with Gasteiger partial charge in [-0.25, -0.2) is 8.42 Å². The smallest absolute Gasteiger partial charge is 0.264 e. The van der Waals surface area contributed by atoms with Crippen molar-refractivity contribution in [1.82, 2.24) is 10.2 Å². The Balaban J connectivity index is 1.83. The van der Waals surface area contributed by atoms with Crippen molar-refractivity contribution >= 4 is 27.5 Å². The van der Waals surface area contributed by atoms with Crippen LogP contribution in [0.15, 0.2) is 108 Å². The van der Waals surface area contributed by atoms with E-state index in [1.165, 1.54) is 31.2 Å². The highest BCUT2D eigenvalue weighted by Crippen LogP contribution is 2.34. The molecule has 8 nitrogen and oxygen atoms in total. The van der Waals surface area contributed by atoms with Gasteiger partial charge in [0.15, 0.2) is 0 Å². The molecule has 1 unspecified atom stereocenters. The van der Waals surface area contributed by atoms with Gasteiger partial charge in [-0.3, -0.25) is 13.9 Å². The molecule has 0 bridgehead atoms. The van der Waals surface area contributed by atoms with Crippen molar-refractivity contribution in [2.45, 2.75) is 37.8 Å². The van der Waals surface area contributed by atoms with Gasteiger partial charge in [-0.1, -0.05) is 84.4 Å². The Morgan fingerprint density at radius 1 is 0.814 bits per heavy atom. The second-order valence-electron chi connectivity index (χ2n) is 10.3. The third kappa shape index (κ3) is 7.61. The van der Waals surface area contributed by atoms with E-state index in [0.29, 0.717) is 5.75 Å². The molecule has 2 amide bonds. The van der Waals surface area contributed by atoms with Crippen molar-refractivity contribution in [3.05, 3.63) is 125 Å². The summed E-state index contributed by atoms with van der Waals surface area (Å²) in [4.78, 5) is 29.2. The van der Waals surface area contributed by atoms with Gasteiger partial charge in [0.05, 0.1) is 17.7 Å². The quantitative estimate of drug-likeness (QED) is 0.250. The fourth-order valence-corrected chi connectivity index (χ4v) is 6.26. The fourth-order valence-electron chi connectivity index (χ4n) is 4.85. The van der Waals surface area contributed by atoms with Gasteiger partial charge in [-0.05, 0) is 54.8 Å². The zero-order valence-electron chi connectivity index (χ0n) is 24.9. The molecule has 4 rings (SSSR count). The van der Waals surface area contributed by atoms with Crippen LogP contribution in [0.25, 0.3) is 0 Å². The number of carbonyl (C=O) groups excluding carboxylic acids is 2. The minimum absolute atomic E-state index is 0.0382. The Morgan fingerprint density at radius 2 is 1.40 bits per heavy atom. The van der Waals surface area contributed by atoms with Crippen LogP contribution in [-0.4, -0.2) is 51.9 Å². The largest absolute Gasteiger partial charge is 0.495 e. The lowest BCUT2D eigenvalue weighted by Gasteiger charge is -2.34. The standard InChI is InChI=1S/C34H37N3O5S/c1-25-15-18-29(19-16-25)43(40,41)37(30-21-26(2)17-20-32(30)42-4)24-33(38)36(23-28-13-9-6-10-14-28)31(34(39)35-3)22-27-11-7-5-8-12-27/h5-21,31H,22-24H2,1-4H3,(H,35,39). The number of benzene rings is 4. The molecular weight excluding hydrogens is 562 g/mol. The van der Waals surface area contributed by atoms with Gasteiger partial charge in [0, 0.05) is 20.0 Å². The molecule has 0 aromatic heterocycles. The summed E-state index contributed by atoms with van der Waals surface area (Å²) in [5, 5.41) is 2.69. The average Bonchev–Trinajstić information content (AvgIpc) is 3.02. The predicted molar refractivity (Wildman–Crippen MR) is 168 cm³/mol. The third-order valence-electron chi connectivity index (χ3n) is 7.20. The number of carbonyl (C=O) groups is 2. The van der Waals surface area contributed by atoms with Crippen molar-refractivity contribution < 1.29 is 22.7 Å². The Labute approximate surface area is 254 Å². The van der Waals surface area contributed by atoms with Crippen LogP contribution in [0.2, 0.25) is 0 Å². The Kier molecular flexibility index (Phi) is 10.2. The van der Waals surface area contributed by atoms with Crippen molar-refractivity contribution in [1.29, 1.82) is 0 Å². The van der Waals surface area contributed by atoms with Gasteiger partial charge in [-0.2, -0.15) is 0 Å². The van der Waals surface area contributed by atoms with E-state index < -0.39 is 28.5 Å². The van der Waals surface area contributed by atoms with Gasteiger partial charge in [-0.15, -0.1) is 0 Å². The second-order valence-corrected chi connectivity index (χ2v) is 12.2. The maximum absolute atomic E-state index is 14.4. The molecular formula is C34H37N3O5S. The molecule has 0 radical (unpaired) electrons. The number of aryl methyl sites for hydroxylation is 2. The zero-order valence-corrected chi connectivity index (χ0v) is 25.7. The minimum atomic E-state index is -4.23. The maximum atomic E-state index is 14.4. The van der Waals surface area contributed by atoms with E-state index in [2.05, 4.69) is 5.32 Å². The van der Waals surface area contributed by atoms with Gasteiger partial charge in [0.2, 0.25) is 11.8 Å². The van der Waals surface area contributed by atoms with E-state index in [-0.39, 0.29) is 29.5 Å². The third-order valence-corrected chi connectivity index (χ3v) is 8.98. The Bertz CT molecular complexity index is 1640. The van der Waals surface area contributed by atoms with Crippen LogP contribution < -0.4 is 14.4 Å². The predicted octanol–water partition coefficient (Wildman–Crippen LogP) is 4.89. The normalized spacial score (nSPS) is 11.8. The Morgan fingerprint density at radius 3 is 1.98 bits per heavy atom. The number of anilines is 1. The van der Waals surface area contributed by atoms with Gasteiger partial charge >= 0.3 is 0 Å². The highest BCUT2D eigenvalue weighted by atomic mass is 32.2. The van der Waals surface area contributed by atoms with E-state index in [9.17, 15) is 18.0 Å². The molecule has 1 N–H and O–H groups in total. The summed E-state index contributed by atoms with van der Waals surface area (Å²) in [6.07, 6.45) is 0.248. The molecule has 0 aliphatic heterocycles. The van der Waals surface area contributed by atoms with Crippen LogP contribution >= 0.6 is 0 Å². The summed E-state index contributed by atoms with van der Waals surface area (Å²) in [7, 11) is -1.25. The van der Waals surface area contributed by atoms with E-state index in [4.69, 9.17) is 4.74 Å². The topological polar surface area (TPSA) is 96.0 Å². The number of sulfonamides is 1. The lowest BCUT2D eigenvalue weighted by Crippen LogP contribution is -2.53. The Hall–Kier alpha value is -4.63. The number of methoxy groups -OCH3 is 1. The van der Waals surface area contributed by atoms with Gasteiger partial charge in [0.1, 0.15) is 18.3 Å². The van der Waals surface area contributed by atoms with Crippen molar-refractivity contribution in [2.24, 2.45) is 0 Å². The first-order valence-corrected chi connectivity index (χ1v) is 15.4. The highest BCUT2D eigenvalue weighted by molar-refractivity contribution is 7.92. The number of ether oxygens (including phenoxy) is 1. The van der Waals surface area contributed by atoms with Crippen LogP contribution in [0, 0.1) is 13.8 Å². The number of amides is 2. The van der Waals surface area contributed by atoms with E-state index in [1.54, 1.807) is 24.3 Å². The number of hydrogen-bond acceptors (Lipinski definition) is 5. The van der Waals surface area contributed by atoms with Gasteiger partial charge < -0.3 is 15.0 Å². The fraction of sp³-hybridized carbons (Fsp3) is 0.235. The molecule has 1 atom stereocenters. The van der Waals surface area contributed by atoms with Gasteiger partial charge in [0.25, 0.3) is 10.0 Å². The molecule has 4 aromatic rings. The molecule has 0 heterocycles. The maximum Gasteiger partial charge on any atom is 0.264 e. The van der Waals surface area contributed by atoms with Crippen LogP contribution in [-0.2, 0) is 32.6 Å². The first-order chi connectivity index (χ1) is 20.6. The molecule has 0 spiro atoms. The highest BCUT2D eigenvalue weighted by Gasteiger charge is 2.35. The second kappa shape index (κ2) is 14.0. The lowest BCUT2D eigenvalue weighted by atomic mass is 10.0. The summed E-state index contributed by atoms with van der Waals surface area (Å²) < 4.78 is 35.1. The van der Waals surface area contributed by atoms with Crippen LogP contribution in [0.1, 0.15) is 22.3 Å². The number of nitrogens with zero attached hydrogens (tertiary/aromatic N) is 2. The lowest BCUT2D eigenvalue weighted by molar-refractivity contribution is -0.139. The summed E-state index contributed by atoms with van der Waals surface area (Å²) in [6.45, 7) is 3.26. The monoisotopic (exact) mass is 599 g/mol. The molecule has 0 saturated carbocycles. The number of rotatable bonds is 12. The summed E-state index contributed by atoms with van der Waals surface area (Å²) in [5.41, 5.74) is 3.60. The van der Waals surface area contributed by atoms with E-state index >= 15 is 0 Å². The summed E-state index contributed by atoms with van der Waals surface area (Å²) >= 11 is 0. The molecule has 224 valence electrons.